The summed E-state index contributed by atoms with van der Waals surface area (Å²) in [5, 5.41) is 20.5. The van der Waals surface area contributed by atoms with Crippen LogP contribution in [0.4, 0.5) is 0 Å². The monoisotopic (exact) mass is 428 g/mol. The molecule has 156 valence electrons. The zero-order valence-electron chi connectivity index (χ0n) is 16.2. The summed E-state index contributed by atoms with van der Waals surface area (Å²) in [5.41, 5.74) is 2.73. The molecule has 0 amide bonds. The van der Waals surface area contributed by atoms with E-state index in [-0.39, 0.29) is 13.0 Å². The Bertz CT molecular complexity index is 1200. The van der Waals surface area contributed by atoms with Gasteiger partial charge >= 0.3 is 7.82 Å². The van der Waals surface area contributed by atoms with Gasteiger partial charge in [0, 0.05) is 30.4 Å². The highest BCUT2D eigenvalue weighted by molar-refractivity contribution is 7.47. The summed E-state index contributed by atoms with van der Waals surface area (Å²) in [4.78, 5) is 9.70. The molecular weight excluding hydrogens is 407 g/mol. The fourth-order valence-corrected chi connectivity index (χ4v) is 4.57. The minimum atomic E-state index is -4.22. The molecule has 0 bridgehead atoms. The predicted molar refractivity (Wildman–Crippen MR) is 111 cm³/mol. The van der Waals surface area contributed by atoms with Crippen LogP contribution < -0.4 is 0 Å². The van der Waals surface area contributed by atoms with Gasteiger partial charge in [0.15, 0.2) is 0 Å². The van der Waals surface area contributed by atoms with Crippen molar-refractivity contribution in [2.24, 2.45) is 0 Å². The molecule has 2 unspecified atom stereocenters. The standard InChI is InChI=1S/C21H21N2O6P/c1-27-30(25,26)29-19-12-21(28-20(19)13-24)23-17-7-3-2-6-15(17)16-11-14(5-4-10-22)8-9-18(16)23/h2-9,11,19-21,24H,12-13H2,1H3,(H,25,26)/b5-4+/t19-,20?,21-/m1/s1. The second-order valence-electron chi connectivity index (χ2n) is 6.97. The lowest BCUT2D eigenvalue weighted by molar-refractivity contribution is -0.0416. The number of benzene rings is 2. The molecule has 9 heteroatoms. The van der Waals surface area contributed by atoms with Crippen LogP contribution in [0.3, 0.4) is 0 Å². The number of para-hydroxylation sites is 1. The first kappa shape index (κ1) is 20.8. The minimum absolute atomic E-state index is 0.267. The van der Waals surface area contributed by atoms with E-state index in [1.807, 2.05) is 53.1 Å². The molecule has 4 rings (SSSR count). The minimum Gasteiger partial charge on any atom is -0.394 e. The van der Waals surface area contributed by atoms with E-state index >= 15 is 0 Å². The molecule has 1 aliphatic heterocycles. The molecule has 1 fully saturated rings. The zero-order chi connectivity index (χ0) is 21.3. The maximum Gasteiger partial charge on any atom is 0.472 e. The summed E-state index contributed by atoms with van der Waals surface area (Å²) in [7, 11) is -3.13. The Labute approximate surface area is 173 Å². The fourth-order valence-electron chi connectivity index (χ4n) is 3.92. The molecule has 0 spiro atoms. The summed E-state index contributed by atoms with van der Waals surface area (Å²) in [5.74, 6) is 0. The summed E-state index contributed by atoms with van der Waals surface area (Å²) in [6.07, 6.45) is 1.36. The van der Waals surface area contributed by atoms with Crippen LogP contribution in [0.2, 0.25) is 0 Å². The fraction of sp³-hybridized carbons (Fsp3) is 0.286. The van der Waals surface area contributed by atoms with E-state index in [0.717, 1.165) is 34.5 Å². The van der Waals surface area contributed by atoms with Gasteiger partial charge < -0.3 is 19.3 Å². The number of fused-ring (bicyclic) bond motifs is 3. The maximum absolute atomic E-state index is 11.9. The molecule has 0 aliphatic carbocycles. The van der Waals surface area contributed by atoms with Gasteiger partial charge in [-0.3, -0.25) is 9.05 Å². The molecule has 4 atom stereocenters. The molecule has 0 radical (unpaired) electrons. The number of ether oxygens (including phenoxy) is 1. The molecule has 8 nitrogen and oxygen atoms in total. The van der Waals surface area contributed by atoms with Crippen molar-refractivity contribution in [1.29, 1.82) is 5.26 Å². The van der Waals surface area contributed by atoms with Crippen LogP contribution in [-0.4, -0.2) is 40.5 Å². The van der Waals surface area contributed by atoms with Crippen molar-refractivity contribution in [2.75, 3.05) is 13.7 Å². The van der Waals surface area contributed by atoms with Gasteiger partial charge in [0.05, 0.1) is 23.7 Å². The Kier molecular flexibility index (Phi) is 5.76. The van der Waals surface area contributed by atoms with Crippen LogP contribution in [0, 0.1) is 11.3 Å². The molecular formula is C21H21N2O6P. The average Bonchev–Trinajstić information content (AvgIpc) is 3.29. The van der Waals surface area contributed by atoms with Crippen LogP contribution in [0.15, 0.2) is 48.5 Å². The molecule has 2 N–H and O–H groups in total. The molecule has 2 heterocycles. The van der Waals surface area contributed by atoms with Crippen molar-refractivity contribution in [1.82, 2.24) is 4.57 Å². The molecule has 0 saturated carbocycles. The van der Waals surface area contributed by atoms with Gasteiger partial charge in [0.25, 0.3) is 0 Å². The average molecular weight is 428 g/mol. The van der Waals surface area contributed by atoms with Crippen molar-refractivity contribution in [3.05, 3.63) is 54.1 Å². The highest BCUT2D eigenvalue weighted by Crippen LogP contribution is 2.48. The van der Waals surface area contributed by atoms with Crippen molar-refractivity contribution < 1.29 is 28.3 Å². The van der Waals surface area contributed by atoms with Gasteiger partial charge in [-0.1, -0.05) is 24.3 Å². The smallest absolute Gasteiger partial charge is 0.394 e. The first-order valence-corrected chi connectivity index (χ1v) is 10.9. The number of phosphoric acid groups is 1. The highest BCUT2D eigenvalue weighted by atomic mass is 31.2. The topological polar surface area (TPSA) is 114 Å². The van der Waals surface area contributed by atoms with Gasteiger partial charge in [0.2, 0.25) is 0 Å². The van der Waals surface area contributed by atoms with Crippen LogP contribution in [-0.2, 0) is 18.3 Å². The van der Waals surface area contributed by atoms with E-state index in [2.05, 4.69) is 4.52 Å². The van der Waals surface area contributed by atoms with Crippen molar-refractivity contribution in [2.45, 2.75) is 24.9 Å². The summed E-state index contributed by atoms with van der Waals surface area (Å²) in [6, 6.07) is 15.7. The van der Waals surface area contributed by atoms with E-state index < -0.39 is 26.3 Å². The lowest BCUT2D eigenvalue weighted by Crippen LogP contribution is -2.27. The number of nitrogens with zero attached hydrogens (tertiary/aromatic N) is 2. The molecule has 3 aromatic rings. The lowest BCUT2D eigenvalue weighted by Gasteiger charge is -2.18. The second kappa shape index (κ2) is 8.32. The van der Waals surface area contributed by atoms with Gasteiger partial charge in [0.1, 0.15) is 18.4 Å². The van der Waals surface area contributed by atoms with Crippen molar-refractivity contribution >= 4 is 35.7 Å². The van der Waals surface area contributed by atoms with E-state index in [1.54, 1.807) is 6.08 Å². The second-order valence-corrected chi connectivity index (χ2v) is 8.48. The van der Waals surface area contributed by atoms with E-state index in [0.29, 0.717) is 0 Å². The van der Waals surface area contributed by atoms with Crippen LogP contribution in [0.1, 0.15) is 18.2 Å². The van der Waals surface area contributed by atoms with E-state index in [1.165, 1.54) is 6.08 Å². The largest absolute Gasteiger partial charge is 0.472 e. The molecule has 2 aromatic carbocycles. The Morgan fingerprint density at radius 1 is 1.30 bits per heavy atom. The Morgan fingerprint density at radius 2 is 2.07 bits per heavy atom. The van der Waals surface area contributed by atoms with E-state index in [9.17, 15) is 14.6 Å². The van der Waals surface area contributed by atoms with Crippen molar-refractivity contribution in [3.8, 4) is 6.07 Å². The predicted octanol–water partition coefficient (Wildman–Crippen LogP) is 3.74. The zero-order valence-corrected chi connectivity index (χ0v) is 17.1. The summed E-state index contributed by atoms with van der Waals surface area (Å²) < 4.78 is 29.6. The highest BCUT2D eigenvalue weighted by Gasteiger charge is 2.41. The Morgan fingerprint density at radius 3 is 2.80 bits per heavy atom. The van der Waals surface area contributed by atoms with Gasteiger partial charge in [-0.05, 0) is 29.8 Å². The Balaban J connectivity index is 1.79. The quantitative estimate of drug-likeness (QED) is 0.454. The van der Waals surface area contributed by atoms with Crippen LogP contribution >= 0.6 is 7.82 Å². The number of aromatic nitrogens is 1. The van der Waals surface area contributed by atoms with Crippen LogP contribution in [0.5, 0.6) is 0 Å². The number of nitriles is 1. The Hall–Kier alpha value is -2.50. The summed E-state index contributed by atoms with van der Waals surface area (Å²) >= 11 is 0. The summed E-state index contributed by atoms with van der Waals surface area (Å²) in [6.45, 7) is -0.356. The van der Waals surface area contributed by atoms with Gasteiger partial charge in [-0.2, -0.15) is 5.26 Å². The normalized spacial score (nSPS) is 23.9. The molecule has 1 saturated heterocycles. The van der Waals surface area contributed by atoms with Gasteiger partial charge in [-0.15, -0.1) is 0 Å². The molecule has 1 aromatic heterocycles. The lowest BCUT2D eigenvalue weighted by atomic mass is 10.1. The maximum atomic E-state index is 11.9. The number of allylic oxidation sites excluding steroid dienone is 1. The first-order valence-electron chi connectivity index (χ1n) is 9.39. The van der Waals surface area contributed by atoms with Gasteiger partial charge in [-0.25, -0.2) is 4.57 Å². The number of hydrogen-bond donors (Lipinski definition) is 2. The third kappa shape index (κ3) is 3.80. The van der Waals surface area contributed by atoms with Crippen LogP contribution in [0.25, 0.3) is 27.9 Å². The third-order valence-corrected chi connectivity index (χ3v) is 6.23. The number of hydrogen-bond acceptors (Lipinski definition) is 6. The SMILES string of the molecule is COP(=O)(O)O[C@@H]1C[C@H](n2c3ccccc3c3cc(/C=C/C#N)ccc32)OC1CO. The number of aliphatic hydroxyl groups excluding tert-OH is 1. The number of phosphoric ester groups is 1. The third-order valence-electron chi connectivity index (χ3n) is 5.23. The molecule has 30 heavy (non-hydrogen) atoms. The first-order chi connectivity index (χ1) is 14.5. The van der Waals surface area contributed by atoms with E-state index in [4.69, 9.17) is 14.5 Å². The number of rotatable bonds is 6. The number of aliphatic hydroxyl groups is 1. The van der Waals surface area contributed by atoms with Crippen molar-refractivity contribution in [3.63, 3.8) is 0 Å². The molecule has 1 aliphatic rings.